The molecule has 0 aliphatic carbocycles. The average Bonchev–Trinajstić information content (AvgIpc) is 2.94. The van der Waals surface area contributed by atoms with Gasteiger partial charge in [0.2, 0.25) is 0 Å². The molecule has 0 fully saturated rings. The smallest absolute Gasteiger partial charge is 0.331 e. The normalized spacial score (nSPS) is 17.3. The zero-order valence-corrected chi connectivity index (χ0v) is 11.7. The van der Waals surface area contributed by atoms with Gasteiger partial charge >= 0.3 is 5.97 Å². The third-order valence-corrected chi connectivity index (χ3v) is 4.51. The highest BCUT2D eigenvalue weighted by Crippen LogP contribution is 2.34. The fourth-order valence-electron chi connectivity index (χ4n) is 2.54. The lowest BCUT2D eigenvalue weighted by atomic mass is 9.99. The number of aromatic amines is 1. The molecule has 2 aromatic rings. The molecule has 2 N–H and O–H groups in total. The van der Waals surface area contributed by atoms with Crippen molar-refractivity contribution >= 4 is 23.2 Å². The van der Waals surface area contributed by atoms with E-state index in [0.717, 1.165) is 4.88 Å². The van der Waals surface area contributed by atoms with E-state index in [2.05, 4.69) is 4.98 Å². The monoisotopic (exact) mass is 304 g/mol. The SMILES string of the molecule is O=C(O)C1c2ccsc2CCN1C(=O)c1c[nH]ccc1=O. The number of nitrogens with zero attached hydrogens (tertiary/aromatic N) is 1. The number of pyridine rings is 1. The van der Waals surface area contributed by atoms with Crippen LogP contribution in [0.3, 0.4) is 0 Å². The van der Waals surface area contributed by atoms with Gasteiger partial charge in [0.1, 0.15) is 5.56 Å². The van der Waals surface area contributed by atoms with E-state index in [0.29, 0.717) is 12.0 Å². The van der Waals surface area contributed by atoms with Crippen LogP contribution in [0.5, 0.6) is 0 Å². The van der Waals surface area contributed by atoms with Gasteiger partial charge in [-0.05, 0) is 23.4 Å². The largest absolute Gasteiger partial charge is 0.479 e. The quantitative estimate of drug-likeness (QED) is 0.874. The van der Waals surface area contributed by atoms with Crippen LogP contribution >= 0.6 is 11.3 Å². The van der Waals surface area contributed by atoms with Gasteiger partial charge in [-0.15, -0.1) is 11.3 Å². The number of carboxylic acid groups (broad SMARTS) is 1. The van der Waals surface area contributed by atoms with Crippen LogP contribution in [0, 0.1) is 0 Å². The van der Waals surface area contributed by atoms with Crippen molar-refractivity contribution in [3.63, 3.8) is 0 Å². The zero-order chi connectivity index (χ0) is 15.0. The Balaban J connectivity index is 2.02. The summed E-state index contributed by atoms with van der Waals surface area (Å²) in [6.07, 6.45) is 3.35. The minimum atomic E-state index is -1.09. The molecule has 7 heteroatoms. The number of aliphatic carboxylic acids is 1. The summed E-state index contributed by atoms with van der Waals surface area (Å²) in [4.78, 5) is 40.8. The van der Waals surface area contributed by atoms with E-state index in [1.807, 2.05) is 5.38 Å². The van der Waals surface area contributed by atoms with Crippen LogP contribution in [-0.2, 0) is 11.2 Å². The summed E-state index contributed by atoms with van der Waals surface area (Å²) < 4.78 is 0. The van der Waals surface area contributed by atoms with Crippen LogP contribution in [0.1, 0.15) is 26.8 Å². The Bertz CT molecular complexity index is 764. The lowest BCUT2D eigenvalue weighted by Crippen LogP contribution is -2.44. The molecule has 1 amide bonds. The number of hydrogen-bond donors (Lipinski definition) is 2. The number of carboxylic acids is 1. The van der Waals surface area contributed by atoms with Crippen molar-refractivity contribution in [3.8, 4) is 0 Å². The standard InChI is InChI=1S/C14H12N2O4S/c17-10-1-4-15-7-9(10)13(18)16-5-2-11-8(3-6-21-11)12(16)14(19)20/h1,3-4,6-7,12H,2,5H2,(H,15,17)(H,19,20). The number of amides is 1. The molecule has 1 aliphatic heterocycles. The van der Waals surface area contributed by atoms with Gasteiger partial charge < -0.3 is 15.0 Å². The van der Waals surface area contributed by atoms with E-state index in [9.17, 15) is 19.5 Å². The summed E-state index contributed by atoms with van der Waals surface area (Å²) in [5.41, 5.74) is 0.181. The molecule has 6 nitrogen and oxygen atoms in total. The summed E-state index contributed by atoms with van der Waals surface area (Å²) in [5.74, 6) is -1.64. The average molecular weight is 304 g/mol. The van der Waals surface area contributed by atoms with E-state index in [-0.39, 0.29) is 12.1 Å². The van der Waals surface area contributed by atoms with Gasteiger partial charge in [-0.1, -0.05) is 0 Å². The van der Waals surface area contributed by atoms with Crippen molar-refractivity contribution < 1.29 is 14.7 Å². The van der Waals surface area contributed by atoms with Gasteiger partial charge in [0.15, 0.2) is 11.5 Å². The number of rotatable bonds is 2. The molecule has 0 saturated carbocycles. The number of carbonyl (C=O) groups excluding carboxylic acids is 1. The number of fused-ring (bicyclic) bond motifs is 1. The maximum absolute atomic E-state index is 12.5. The van der Waals surface area contributed by atoms with Gasteiger partial charge in [0, 0.05) is 29.9 Å². The number of H-pyrrole nitrogens is 1. The lowest BCUT2D eigenvalue weighted by Gasteiger charge is -2.33. The summed E-state index contributed by atoms with van der Waals surface area (Å²) in [5, 5.41) is 11.3. The highest BCUT2D eigenvalue weighted by Gasteiger charge is 2.37. The van der Waals surface area contributed by atoms with Gasteiger partial charge in [-0.2, -0.15) is 0 Å². The molecule has 0 saturated heterocycles. The number of hydrogen-bond acceptors (Lipinski definition) is 4. The number of aromatic nitrogens is 1. The third-order valence-electron chi connectivity index (χ3n) is 3.52. The fourth-order valence-corrected chi connectivity index (χ4v) is 3.44. The first-order valence-electron chi connectivity index (χ1n) is 6.36. The summed E-state index contributed by atoms with van der Waals surface area (Å²) in [6, 6.07) is 1.95. The molecule has 3 rings (SSSR count). The molecular formula is C14H12N2O4S. The van der Waals surface area contributed by atoms with E-state index in [1.54, 1.807) is 6.07 Å². The highest BCUT2D eigenvalue weighted by atomic mass is 32.1. The molecular weight excluding hydrogens is 292 g/mol. The molecule has 108 valence electrons. The summed E-state index contributed by atoms with van der Waals surface area (Å²) in [6.45, 7) is 0.289. The van der Waals surface area contributed by atoms with Crippen molar-refractivity contribution in [1.82, 2.24) is 9.88 Å². The van der Waals surface area contributed by atoms with E-state index < -0.39 is 23.3 Å². The second-order valence-electron chi connectivity index (χ2n) is 4.71. The first-order chi connectivity index (χ1) is 10.1. The van der Waals surface area contributed by atoms with Crippen LogP contribution in [0.4, 0.5) is 0 Å². The Hall–Kier alpha value is -2.41. The molecule has 1 unspecified atom stereocenters. The third kappa shape index (κ3) is 2.25. The summed E-state index contributed by atoms with van der Waals surface area (Å²) in [7, 11) is 0. The van der Waals surface area contributed by atoms with E-state index in [1.165, 1.54) is 34.7 Å². The van der Waals surface area contributed by atoms with Gasteiger partial charge in [0.05, 0.1) is 0 Å². The lowest BCUT2D eigenvalue weighted by molar-refractivity contribution is -0.142. The van der Waals surface area contributed by atoms with Crippen molar-refractivity contribution in [2.24, 2.45) is 0 Å². The van der Waals surface area contributed by atoms with Crippen LogP contribution in [0.25, 0.3) is 0 Å². The molecule has 21 heavy (non-hydrogen) atoms. The van der Waals surface area contributed by atoms with Crippen molar-refractivity contribution in [2.45, 2.75) is 12.5 Å². The van der Waals surface area contributed by atoms with Crippen molar-refractivity contribution in [2.75, 3.05) is 6.54 Å². The molecule has 0 radical (unpaired) electrons. The number of thiophene rings is 1. The molecule has 2 aromatic heterocycles. The zero-order valence-electron chi connectivity index (χ0n) is 10.9. The molecule has 1 atom stereocenters. The van der Waals surface area contributed by atoms with Gasteiger partial charge in [0.25, 0.3) is 5.91 Å². The van der Waals surface area contributed by atoms with Crippen LogP contribution in [0.2, 0.25) is 0 Å². The fraction of sp³-hybridized carbons (Fsp3) is 0.214. The van der Waals surface area contributed by atoms with Gasteiger partial charge in [-0.3, -0.25) is 9.59 Å². The molecule has 0 aromatic carbocycles. The molecule has 1 aliphatic rings. The first kappa shape index (κ1) is 13.6. The minimum absolute atomic E-state index is 0.0394. The summed E-state index contributed by atoms with van der Waals surface area (Å²) >= 11 is 1.49. The Morgan fingerprint density at radius 3 is 2.90 bits per heavy atom. The molecule has 0 bridgehead atoms. The maximum Gasteiger partial charge on any atom is 0.331 e. The predicted octanol–water partition coefficient (Wildman–Crippen LogP) is 1.26. The van der Waals surface area contributed by atoms with Gasteiger partial charge in [-0.25, -0.2) is 4.79 Å². The second kappa shape index (κ2) is 5.17. The Labute approximate surface area is 123 Å². The van der Waals surface area contributed by atoms with E-state index in [4.69, 9.17) is 0 Å². The number of nitrogens with one attached hydrogen (secondary N) is 1. The number of carbonyl (C=O) groups is 2. The first-order valence-corrected chi connectivity index (χ1v) is 7.24. The predicted molar refractivity (Wildman–Crippen MR) is 76.5 cm³/mol. The maximum atomic E-state index is 12.5. The Morgan fingerprint density at radius 2 is 2.19 bits per heavy atom. The Kier molecular flexibility index (Phi) is 3.34. The topological polar surface area (TPSA) is 90.5 Å². The minimum Gasteiger partial charge on any atom is -0.479 e. The molecule has 0 spiro atoms. The highest BCUT2D eigenvalue weighted by molar-refractivity contribution is 7.10. The van der Waals surface area contributed by atoms with Crippen LogP contribution in [0.15, 0.2) is 34.7 Å². The van der Waals surface area contributed by atoms with Crippen LogP contribution in [-0.4, -0.2) is 33.4 Å². The van der Waals surface area contributed by atoms with E-state index >= 15 is 0 Å². The van der Waals surface area contributed by atoms with Crippen LogP contribution < -0.4 is 5.43 Å². The Morgan fingerprint density at radius 1 is 1.38 bits per heavy atom. The second-order valence-corrected chi connectivity index (χ2v) is 5.71. The van der Waals surface area contributed by atoms with Crippen molar-refractivity contribution in [1.29, 1.82) is 0 Å². The molecule has 3 heterocycles. The van der Waals surface area contributed by atoms with Crippen molar-refractivity contribution in [3.05, 3.63) is 56.1 Å².